The predicted molar refractivity (Wildman–Crippen MR) is 54.3 cm³/mol. The molecule has 0 spiro atoms. The Bertz CT molecular complexity index is 362. The number of esters is 1. The first-order valence-corrected chi connectivity index (χ1v) is 5.78. The molecule has 0 unspecified atom stereocenters. The fraction of sp³-hybridized carbons (Fsp3) is 0.222. The molecular weight excluding hydrogens is 204 g/mol. The van der Waals surface area contributed by atoms with E-state index in [2.05, 4.69) is 17.9 Å². The van der Waals surface area contributed by atoms with E-state index in [0.717, 1.165) is 6.26 Å². The summed E-state index contributed by atoms with van der Waals surface area (Å²) in [5.41, 5.74) is 0. The Balaban J connectivity index is 4.39. The number of carbonyl (C=O) groups is 1. The van der Waals surface area contributed by atoms with Crippen LogP contribution in [0.25, 0.3) is 0 Å². The van der Waals surface area contributed by atoms with Gasteiger partial charge >= 0.3 is 5.97 Å². The van der Waals surface area contributed by atoms with Gasteiger partial charge in [0.2, 0.25) is 0 Å². The van der Waals surface area contributed by atoms with Gasteiger partial charge in [0.1, 0.15) is 11.5 Å². The van der Waals surface area contributed by atoms with E-state index in [9.17, 15) is 13.2 Å². The molecular formula is C9H12O4S. The van der Waals surface area contributed by atoms with Crippen molar-refractivity contribution < 1.29 is 17.9 Å². The monoisotopic (exact) mass is 216 g/mol. The summed E-state index contributed by atoms with van der Waals surface area (Å²) in [6, 6.07) is 0. The molecule has 0 aromatic rings. The molecule has 5 heteroatoms. The van der Waals surface area contributed by atoms with Crippen LogP contribution in [-0.4, -0.2) is 26.4 Å². The fourth-order valence-corrected chi connectivity index (χ4v) is 1.12. The quantitative estimate of drug-likeness (QED) is 0.388. The maximum Gasteiger partial charge on any atom is 0.326 e. The zero-order valence-corrected chi connectivity index (χ0v) is 8.71. The lowest BCUT2D eigenvalue weighted by Gasteiger charge is -2.02. The van der Waals surface area contributed by atoms with Crippen LogP contribution in [-0.2, 0) is 19.4 Å². The van der Waals surface area contributed by atoms with E-state index in [1.54, 1.807) is 0 Å². The van der Waals surface area contributed by atoms with Crippen LogP contribution in [0.15, 0.2) is 37.1 Å². The topological polar surface area (TPSA) is 60.4 Å². The SMILES string of the molecule is C=C/C=C(\C=C)OC(=O)CS(C)(=O)=O. The van der Waals surface area contributed by atoms with E-state index < -0.39 is 21.6 Å². The van der Waals surface area contributed by atoms with E-state index in [4.69, 9.17) is 0 Å². The van der Waals surface area contributed by atoms with Gasteiger partial charge < -0.3 is 4.74 Å². The molecule has 0 rings (SSSR count). The maximum absolute atomic E-state index is 11.0. The van der Waals surface area contributed by atoms with E-state index in [-0.39, 0.29) is 5.76 Å². The van der Waals surface area contributed by atoms with Crippen molar-refractivity contribution in [3.63, 3.8) is 0 Å². The summed E-state index contributed by atoms with van der Waals surface area (Å²) >= 11 is 0. The van der Waals surface area contributed by atoms with Gasteiger partial charge in [-0.25, -0.2) is 8.42 Å². The van der Waals surface area contributed by atoms with Gasteiger partial charge in [-0.2, -0.15) is 0 Å². The highest BCUT2D eigenvalue weighted by atomic mass is 32.2. The lowest BCUT2D eigenvalue weighted by molar-refractivity contribution is -0.135. The highest BCUT2D eigenvalue weighted by Crippen LogP contribution is 2.00. The van der Waals surface area contributed by atoms with Crippen molar-refractivity contribution in [1.29, 1.82) is 0 Å². The first-order valence-electron chi connectivity index (χ1n) is 3.72. The highest BCUT2D eigenvalue weighted by Gasteiger charge is 2.12. The molecule has 0 fully saturated rings. The molecule has 0 bridgehead atoms. The summed E-state index contributed by atoms with van der Waals surface area (Å²) in [7, 11) is -3.35. The van der Waals surface area contributed by atoms with Crippen molar-refractivity contribution in [3.8, 4) is 0 Å². The van der Waals surface area contributed by atoms with Gasteiger partial charge in [0.25, 0.3) is 0 Å². The van der Waals surface area contributed by atoms with Gasteiger partial charge in [0.15, 0.2) is 9.84 Å². The van der Waals surface area contributed by atoms with Crippen molar-refractivity contribution in [3.05, 3.63) is 37.1 Å². The minimum atomic E-state index is -3.35. The number of ether oxygens (including phenoxy) is 1. The Hall–Kier alpha value is -1.36. The van der Waals surface area contributed by atoms with Crippen molar-refractivity contribution in [2.45, 2.75) is 0 Å². The summed E-state index contributed by atoms with van der Waals surface area (Å²) < 4.78 is 26.1. The smallest absolute Gasteiger partial charge is 0.326 e. The first-order chi connectivity index (χ1) is 6.39. The van der Waals surface area contributed by atoms with Crippen molar-refractivity contribution in [2.24, 2.45) is 0 Å². The highest BCUT2D eigenvalue weighted by molar-refractivity contribution is 7.91. The molecule has 0 atom stereocenters. The van der Waals surface area contributed by atoms with Crippen LogP contribution in [0.2, 0.25) is 0 Å². The molecule has 0 saturated heterocycles. The van der Waals surface area contributed by atoms with Crippen molar-refractivity contribution in [2.75, 3.05) is 12.0 Å². The molecule has 0 aliphatic heterocycles. The Morgan fingerprint density at radius 3 is 2.36 bits per heavy atom. The maximum atomic E-state index is 11.0. The van der Waals surface area contributed by atoms with Crippen LogP contribution in [0.5, 0.6) is 0 Å². The Kier molecular flexibility index (Phi) is 4.86. The van der Waals surface area contributed by atoms with Crippen LogP contribution in [0.3, 0.4) is 0 Å². The summed E-state index contributed by atoms with van der Waals surface area (Å²) in [5.74, 6) is -1.30. The van der Waals surface area contributed by atoms with Gasteiger partial charge in [-0.15, -0.1) is 0 Å². The standard InChI is InChI=1S/C9H12O4S/c1-4-6-8(5-2)13-9(10)7-14(3,11)12/h4-6H,1-2,7H2,3H3/b8-6+. The van der Waals surface area contributed by atoms with Gasteiger partial charge in [-0.05, 0) is 12.2 Å². The molecule has 0 aliphatic rings. The van der Waals surface area contributed by atoms with E-state index in [1.165, 1.54) is 18.2 Å². The van der Waals surface area contributed by atoms with Crippen molar-refractivity contribution in [1.82, 2.24) is 0 Å². The molecule has 0 radical (unpaired) electrons. The first kappa shape index (κ1) is 12.6. The number of hydrogen-bond donors (Lipinski definition) is 0. The normalized spacial score (nSPS) is 11.9. The van der Waals surface area contributed by atoms with Crippen LogP contribution < -0.4 is 0 Å². The van der Waals surface area contributed by atoms with Crippen LogP contribution >= 0.6 is 0 Å². The fourth-order valence-electron chi connectivity index (χ4n) is 0.635. The Morgan fingerprint density at radius 2 is 2.00 bits per heavy atom. The molecule has 0 aromatic carbocycles. The number of allylic oxidation sites excluding steroid dienone is 3. The number of hydrogen-bond acceptors (Lipinski definition) is 4. The molecule has 0 heterocycles. The van der Waals surface area contributed by atoms with Gasteiger partial charge in [-0.1, -0.05) is 19.2 Å². The van der Waals surface area contributed by atoms with Crippen LogP contribution in [0.4, 0.5) is 0 Å². The van der Waals surface area contributed by atoms with Gasteiger partial charge in [0, 0.05) is 6.26 Å². The van der Waals surface area contributed by atoms with E-state index in [1.807, 2.05) is 0 Å². The Morgan fingerprint density at radius 1 is 1.43 bits per heavy atom. The number of rotatable bonds is 5. The third-order valence-electron chi connectivity index (χ3n) is 1.10. The number of carbonyl (C=O) groups excluding carboxylic acids is 1. The molecule has 0 saturated carbocycles. The third kappa shape index (κ3) is 6.19. The van der Waals surface area contributed by atoms with Gasteiger partial charge in [0.05, 0.1) is 0 Å². The molecule has 4 nitrogen and oxygen atoms in total. The van der Waals surface area contributed by atoms with E-state index >= 15 is 0 Å². The molecule has 0 N–H and O–H groups in total. The second-order valence-electron chi connectivity index (χ2n) is 2.55. The average Bonchev–Trinajstić information content (AvgIpc) is 2.00. The number of sulfone groups is 1. The largest absolute Gasteiger partial charge is 0.426 e. The summed E-state index contributed by atoms with van der Waals surface area (Å²) in [6.07, 6.45) is 5.07. The predicted octanol–water partition coefficient (Wildman–Crippen LogP) is 0.830. The molecule has 78 valence electrons. The zero-order chi connectivity index (χ0) is 11.2. The van der Waals surface area contributed by atoms with Crippen LogP contribution in [0.1, 0.15) is 0 Å². The lowest BCUT2D eigenvalue weighted by atomic mass is 10.4. The van der Waals surface area contributed by atoms with E-state index in [0.29, 0.717) is 0 Å². The second kappa shape index (κ2) is 5.39. The van der Waals surface area contributed by atoms with Crippen LogP contribution in [0, 0.1) is 0 Å². The second-order valence-corrected chi connectivity index (χ2v) is 4.69. The zero-order valence-electron chi connectivity index (χ0n) is 7.89. The third-order valence-corrected chi connectivity index (χ3v) is 1.86. The van der Waals surface area contributed by atoms with Crippen molar-refractivity contribution >= 4 is 15.8 Å². The van der Waals surface area contributed by atoms with Gasteiger partial charge in [-0.3, -0.25) is 4.79 Å². The summed E-state index contributed by atoms with van der Waals surface area (Å²) in [4.78, 5) is 11.0. The minimum absolute atomic E-state index is 0.175. The summed E-state index contributed by atoms with van der Waals surface area (Å²) in [6.45, 7) is 6.78. The molecule has 0 aliphatic carbocycles. The average molecular weight is 216 g/mol. The Labute approximate surface area is 83.5 Å². The molecule has 0 amide bonds. The molecule has 14 heavy (non-hydrogen) atoms. The minimum Gasteiger partial charge on any atom is -0.426 e. The molecule has 0 aromatic heterocycles. The summed E-state index contributed by atoms with van der Waals surface area (Å²) in [5, 5.41) is 0. The lowest BCUT2D eigenvalue weighted by Crippen LogP contribution is -2.16.